The molecule has 3 rings (SSSR count). The van der Waals surface area contributed by atoms with Crippen LogP contribution in [0.4, 0.5) is 11.6 Å². The van der Waals surface area contributed by atoms with Gasteiger partial charge in [0, 0.05) is 13.1 Å². The molecule has 3 heteroatoms. The maximum atomic E-state index is 5.67. The summed E-state index contributed by atoms with van der Waals surface area (Å²) < 4.78 is 0. The number of hydrogen-bond donors (Lipinski definition) is 1. The summed E-state index contributed by atoms with van der Waals surface area (Å²) in [6, 6.07) is 5.88. The first-order chi connectivity index (χ1) is 6.83. The van der Waals surface area contributed by atoms with Crippen LogP contribution in [0.5, 0.6) is 0 Å². The zero-order valence-corrected chi connectivity index (χ0v) is 8.19. The van der Waals surface area contributed by atoms with Crippen LogP contribution in [-0.4, -0.2) is 18.1 Å². The molecule has 1 saturated heterocycles. The Labute approximate surface area is 83.9 Å². The van der Waals surface area contributed by atoms with Crippen LogP contribution in [0.3, 0.4) is 0 Å². The van der Waals surface area contributed by atoms with Gasteiger partial charge >= 0.3 is 0 Å². The second kappa shape index (κ2) is 2.87. The van der Waals surface area contributed by atoms with Crippen LogP contribution in [0.15, 0.2) is 18.2 Å². The van der Waals surface area contributed by atoms with Crippen molar-refractivity contribution >= 4 is 11.6 Å². The lowest BCUT2D eigenvalue weighted by molar-refractivity contribution is 0.243. The number of hydrogen-bond acceptors (Lipinski definition) is 3. The third kappa shape index (κ3) is 1.15. The molecule has 1 aliphatic carbocycles. The van der Waals surface area contributed by atoms with Crippen LogP contribution in [0.1, 0.15) is 12.8 Å². The second-order valence-corrected chi connectivity index (χ2v) is 4.42. The molecular formula is C11H15N3. The summed E-state index contributed by atoms with van der Waals surface area (Å²) >= 11 is 0. The summed E-state index contributed by atoms with van der Waals surface area (Å²) in [4.78, 5) is 6.73. The van der Waals surface area contributed by atoms with Gasteiger partial charge in [-0.1, -0.05) is 6.07 Å². The summed E-state index contributed by atoms with van der Waals surface area (Å²) in [5, 5.41) is 0. The first-order valence-corrected chi connectivity index (χ1v) is 5.30. The average molecular weight is 189 g/mol. The van der Waals surface area contributed by atoms with Gasteiger partial charge in [-0.2, -0.15) is 0 Å². The summed E-state index contributed by atoms with van der Waals surface area (Å²) in [5.74, 6) is 3.54. The van der Waals surface area contributed by atoms with Gasteiger partial charge in [-0.25, -0.2) is 4.98 Å². The molecule has 3 nitrogen and oxygen atoms in total. The molecule has 1 saturated carbocycles. The number of nitrogen functional groups attached to an aromatic ring is 1. The zero-order valence-electron chi connectivity index (χ0n) is 8.19. The van der Waals surface area contributed by atoms with Crippen molar-refractivity contribution in [1.82, 2.24) is 4.98 Å². The highest BCUT2D eigenvalue weighted by molar-refractivity contribution is 5.46. The van der Waals surface area contributed by atoms with E-state index in [1.807, 2.05) is 12.1 Å². The normalized spacial score (nSPS) is 29.9. The number of pyridine rings is 1. The smallest absolute Gasteiger partial charge is 0.130 e. The third-order valence-electron chi connectivity index (χ3n) is 3.56. The fraction of sp³-hybridized carbons (Fsp3) is 0.545. The van der Waals surface area contributed by atoms with E-state index in [-0.39, 0.29) is 0 Å². The molecule has 0 bridgehead atoms. The first-order valence-electron chi connectivity index (χ1n) is 5.30. The lowest BCUT2D eigenvalue weighted by Crippen LogP contribution is -2.22. The van der Waals surface area contributed by atoms with Crippen molar-refractivity contribution in [3.8, 4) is 0 Å². The average Bonchev–Trinajstić information content (AvgIpc) is 2.43. The maximum absolute atomic E-state index is 5.67. The minimum Gasteiger partial charge on any atom is -0.384 e. The van der Waals surface area contributed by atoms with E-state index in [2.05, 4.69) is 16.0 Å². The maximum Gasteiger partial charge on any atom is 0.130 e. The predicted molar refractivity (Wildman–Crippen MR) is 57.1 cm³/mol. The molecule has 0 radical (unpaired) electrons. The van der Waals surface area contributed by atoms with Gasteiger partial charge in [-0.3, -0.25) is 0 Å². The van der Waals surface area contributed by atoms with E-state index < -0.39 is 0 Å². The Balaban J connectivity index is 1.82. The Morgan fingerprint density at radius 2 is 1.93 bits per heavy atom. The van der Waals surface area contributed by atoms with Crippen molar-refractivity contribution < 1.29 is 0 Å². The molecule has 2 fully saturated rings. The quantitative estimate of drug-likeness (QED) is 0.728. The fourth-order valence-corrected chi connectivity index (χ4v) is 2.56. The Kier molecular flexibility index (Phi) is 1.66. The topological polar surface area (TPSA) is 42.1 Å². The molecule has 1 aromatic heterocycles. The van der Waals surface area contributed by atoms with Gasteiger partial charge in [-0.05, 0) is 36.8 Å². The van der Waals surface area contributed by atoms with Gasteiger partial charge in [0.1, 0.15) is 11.6 Å². The zero-order chi connectivity index (χ0) is 9.54. The lowest BCUT2D eigenvalue weighted by atomic mass is 9.77. The van der Waals surface area contributed by atoms with Gasteiger partial charge in [0.05, 0.1) is 0 Å². The van der Waals surface area contributed by atoms with E-state index in [0.717, 1.165) is 17.7 Å². The van der Waals surface area contributed by atoms with E-state index in [0.29, 0.717) is 5.82 Å². The molecule has 0 spiro atoms. The van der Waals surface area contributed by atoms with Crippen LogP contribution < -0.4 is 10.6 Å². The van der Waals surface area contributed by atoms with Crippen LogP contribution in [-0.2, 0) is 0 Å². The molecule has 1 aromatic rings. The van der Waals surface area contributed by atoms with Gasteiger partial charge in [-0.15, -0.1) is 0 Å². The van der Waals surface area contributed by atoms with E-state index >= 15 is 0 Å². The number of fused-ring (bicyclic) bond motifs is 1. The molecule has 2 aliphatic rings. The number of nitrogens with two attached hydrogens (primary N) is 1. The van der Waals surface area contributed by atoms with Crippen LogP contribution in [0, 0.1) is 11.8 Å². The van der Waals surface area contributed by atoms with Crippen molar-refractivity contribution in [2.24, 2.45) is 11.8 Å². The highest BCUT2D eigenvalue weighted by Gasteiger charge is 2.39. The molecule has 14 heavy (non-hydrogen) atoms. The van der Waals surface area contributed by atoms with Crippen LogP contribution in [0.2, 0.25) is 0 Å². The van der Waals surface area contributed by atoms with Gasteiger partial charge in [0.15, 0.2) is 0 Å². The lowest BCUT2D eigenvalue weighted by Gasteiger charge is -2.27. The van der Waals surface area contributed by atoms with Crippen molar-refractivity contribution in [2.45, 2.75) is 12.8 Å². The SMILES string of the molecule is Nc1cccc(N2CC3CCC3C2)n1. The molecular weight excluding hydrogens is 174 g/mol. The fourth-order valence-electron chi connectivity index (χ4n) is 2.56. The second-order valence-electron chi connectivity index (χ2n) is 4.42. The van der Waals surface area contributed by atoms with Crippen molar-refractivity contribution in [1.29, 1.82) is 0 Å². The summed E-state index contributed by atoms with van der Waals surface area (Å²) in [6.07, 6.45) is 2.81. The van der Waals surface area contributed by atoms with Crippen LogP contribution in [0.25, 0.3) is 0 Å². The number of nitrogens with zero attached hydrogens (tertiary/aromatic N) is 2. The molecule has 2 N–H and O–H groups in total. The van der Waals surface area contributed by atoms with E-state index in [9.17, 15) is 0 Å². The standard InChI is InChI=1S/C11H15N3/c12-10-2-1-3-11(13-10)14-6-8-4-5-9(8)7-14/h1-3,8-9H,4-7H2,(H2,12,13). The number of aromatic nitrogens is 1. The first kappa shape index (κ1) is 8.09. The number of anilines is 2. The molecule has 74 valence electrons. The van der Waals surface area contributed by atoms with Gasteiger partial charge < -0.3 is 10.6 Å². The van der Waals surface area contributed by atoms with E-state index in [1.165, 1.54) is 25.9 Å². The molecule has 2 unspecified atom stereocenters. The summed E-state index contributed by atoms with van der Waals surface area (Å²) in [6.45, 7) is 2.36. The van der Waals surface area contributed by atoms with Gasteiger partial charge in [0.25, 0.3) is 0 Å². The highest BCUT2D eigenvalue weighted by atomic mass is 15.2. The number of rotatable bonds is 1. The monoisotopic (exact) mass is 189 g/mol. The van der Waals surface area contributed by atoms with Gasteiger partial charge in [0.2, 0.25) is 0 Å². The molecule has 0 aromatic carbocycles. The van der Waals surface area contributed by atoms with Crippen LogP contribution >= 0.6 is 0 Å². The van der Waals surface area contributed by atoms with Crippen molar-refractivity contribution in [2.75, 3.05) is 23.7 Å². The summed E-state index contributed by atoms with van der Waals surface area (Å²) in [7, 11) is 0. The predicted octanol–water partition coefficient (Wildman–Crippen LogP) is 1.51. The minimum absolute atomic E-state index is 0.627. The Hall–Kier alpha value is -1.25. The van der Waals surface area contributed by atoms with Crippen molar-refractivity contribution in [3.63, 3.8) is 0 Å². The van der Waals surface area contributed by atoms with E-state index in [1.54, 1.807) is 0 Å². The highest BCUT2D eigenvalue weighted by Crippen LogP contribution is 2.41. The van der Waals surface area contributed by atoms with Crippen molar-refractivity contribution in [3.05, 3.63) is 18.2 Å². The molecule has 0 amide bonds. The largest absolute Gasteiger partial charge is 0.384 e. The molecule has 2 heterocycles. The Morgan fingerprint density at radius 1 is 1.21 bits per heavy atom. The minimum atomic E-state index is 0.627. The molecule has 1 aliphatic heterocycles. The molecule has 2 atom stereocenters. The Bertz CT molecular complexity index is 338. The summed E-state index contributed by atoms with van der Waals surface area (Å²) in [5.41, 5.74) is 5.67. The Morgan fingerprint density at radius 3 is 2.50 bits per heavy atom. The third-order valence-corrected chi connectivity index (χ3v) is 3.56. The van der Waals surface area contributed by atoms with E-state index in [4.69, 9.17) is 5.73 Å².